The predicted molar refractivity (Wildman–Crippen MR) is 102 cm³/mol. The number of hydrogen-bond donors (Lipinski definition) is 1. The van der Waals surface area contributed by atoms with E-state index < -0.39 is 5.54 Å². The van der Waals surface area contributed by atoms with Crippen LogP contribution in [0.4, 0.5) is 5.69 Å². The molecule has 2 atom stereocenters. The summed E-state index contributed by atoms with van der Waals surface area (Å²) in [5, 5.41) is 13.3. The van der Waals surface area contributed by atoms with Crippen LogP contribution < -0.4 is 5.32 Å². The molecule has 0 saturated carbocycles. The summed E-state index contributed by atoms with van der Waals surface area (Å²) in [6, 6.07) is 21.4. The van der Waals surface area contributed by atoms with Crippen molar-refractivity contribution in [1.29, 1.82) is 5.26 Å². The lowest BCUT2D eigenvalue weighted by molar-refractivity contribution is 0.126. The average Bonchev–Trinajstić information content (AvgIpc) is 2.60. The van der Waals surface area contributed by atoms with Gasteiger partial charge in [0.2, 0.25) is 0 Å². The van der Waals surface area contributed by atoms with Gasteiger partial charge in [0.15, 0.2) is 0 Å². The number of nitrogens with one attached hydrogen (secondary N) is 1. The molecule has 0 radical (unpaired) electrons. The summed E-state index contributed by atoms with van der Waals surface area (Å²) in [4.78, 5) is 2.46. The summed E-state index contributed by atoms with van der Waals surface area (Å²) in [7, 11) is 0. The maximum absolute atomic E-state index is 9.84. The van der Waals surface area contributed by atoms with E-state index in [9.17, 15) is 5.26 Å². The molecule has 1 heterocycles. The molecule has 1 aliphatic heterocycles. The number of likely N-dealkylation sites (tertiary alicyclic amines) is 1. The third kappa shape index (κ3) is 3.80. The molecule has 1 saturated heterocycles. The van der Waals surface area contributed by atoms with Crippen molar-refractivity contribution in [3.63, 3.8) is 0 Å². The summed E-state index contributed by atoms with van der Waals surface area (Å²) in [5.74, 6) is 0. The highest BCUT2D eigenvalue weighted by Gasteiger charge is 2.38. The molecular weight excluding hydrogens is 362 g/mol. The molecule has 24 heavy (non-hydrogen) atoms. The highest BCUT2D eigenvalue weighted by molar-refractivity contribution is 9.10. The van der Waals surface area contributed by atoms with E-state index in [1.54, 1.807) is 0 Å². The first-order valence-corrected chi connectivity index (χ1v) is 9.13. The van der Waals surface area contributed by atoms with Crippen LogP contribution in [0.3, 0.4) is 0 Å². The Morgan fingerprint density at radius 1 is 1.21 bits per heavy atom. The molecule has 0 aromatic heterocycles. The number of halogens is 1. The van der Waals surface area contributed by atoms with Gasteiger partial charge in [0.25, 0.3) is 0 Å². The Morgan fingerprint density at radius 3 is 2.58 bits per heavy atom. The van der Waals surface area contributed by atoms with Gasteiger partial charge in [-0.25, -0.2) is 0 Å². The van der Waals surface area contributed by atoms with Crippen LogP contribution in [0.5, 0.6) is 0 Å². The van der Waals surface area contributed by atoms with Crippen LogP contribution in [0.15, 0.2) is 59.1 Å². The Labute approximate surface area is 152 Å². The summed E-state index contributed by atoms with van der Waals surface area (Å²) in [5.41, 5.74) is 1.81. The lowest BCUT2D eigenvalue weighted by Crippen LogP contribution is -2.52. The van der Waals surface area contributed by atoms with Crippen LogP contribution in [0.25, 0.3) is 0 Å². The van der Waals surface area contributed by atoms with E-state index in [2.05, 4.69) is 63.4 Å². The first kappa shape index (κ1) is 17.0. The van der Waals surface area contributed by atoms with Gasteiger partial charge in [-0.05, 0) is 53.4 Å². The van der Waals surface area contributed by atoms with Gasteiger partial charge >= 0.3 is 0 Å². The van der Waals surface area contributed by atoms with E-state index in [1.165, 1.54) is 5.56 Å². The van der Waals surface area contributed by atoms with Crippen molar-refractivity contribution in [3.05, 3.63) is 64.6 Å². The highest BCUT2D eigenvalue weighted by atomic mass is 79.9. The number of para-hydroxylation sites is 1. The molecule has 3 nitrogen and oxygen atoms in total. The van der Waals surface area contributed by atoms with E-state index in [-0.39, 0.29) is 0 Å². The standard InChI is InChI=1S/C20H22BrN3/c1-16-13-20(15-22,23-19-10-6-5-9-18(19)21)11-12-24(16)14-17-7-3-2-4-8-17/h2-10,16,23H,11-14H2,1H3/t16-,20+/m0/s1. The molecule has 3 rings (SSSR count). The number of piperidine rings is 1. The van der Waals surface area contributed by atoms with Crippen LogP contribution in [0, 0.1) is 11.3 Å². The zero-order chi connectivity index (χ0) is 17.0. The molecule has 2 aromatic rings. The van der Waals surface area contributed by atoms with Gasteiger partial charge in [-0.2, -0.15) is 5.26 Å². The summed E-state index contributed by atoms with van der Waals surface area (Å²) < 4.78 is 0.999. The van der Waals surface area contributed by atoms with E-state index in [0.717, 1.165) is 36.1 Å². The Balaban J connectivity index is 1.70. The van der Waals surface area contributed by atoms with Crippen molar-refractivity contribution in [1.82, 2.24) is 4.90 Å². The van der Waals surface area contributed by atoms with Crippen molar-refractivity contribution in [2.75, 3.05) is 11.9 Å². The van der Waals surface area contributed by atoms with Gasteiger partial charge in [0.05, 0.1) is 6.07 Å². The number of rotatable bonds is 4. The van der Waals surface area contributed by atoms with Gasteiger partial charge in [-0.1, -0.05) is 42.5 Å². The molecule has 1 aliphatic rings. The molecule has 1 N–H and O–H groups in total. The average molecular weight is 384 g/mol. The SMILES string of the molecule is C[C@H]1C[C@](C#N)(Nc2ccccc2Br)CCN1Cc1ccccc1. The van der Waals surface area contributed by atoms with E-state index in [1.807, 2.05) is 30.3 Å². The third-order valence-corrected chi connectivity index (χ3v) is 5.47. The van der Waals surface area contributed by atoms with Gasteiger partial charge in [-0.15, -0.1) is 0 Å². The molecule has 0 spiro atoms. The van der Waals surface area contributed by atoms with Gasteiger partial charge in [-0.3, -0.25) is 4.90 Å². The third-order valence-electron chi connectivity index (χ3n) is 4.78. The van der Waals surface area contributed by atoms with Crippen molar-refractivity contribution >= 4 is 21.6 Å². The minimum absolute atomic E-state index is 0.355. The number of anilines is 1. The van der Waals surface area contributed by atoms with E-state index in [4.69, 9.17) is 0 Å². The number of benzene rings is 2. The van der Waals surface area contributed by atoms with Crippen LogP contribution in [-0.2, 0) is 6.54 Å². The van der Waals surface area contributed by atoms with E-state index in [0.29, 0.717) is 6.04 Å². The normalized spacial score (nSPS) is 24.3. The Kier molecular flexibility index (Phi) is 5.23. The fraction of sp³-hybridized carbons (Fsp3) is 0.350. The lowest BCUT2D eigenvalue weighted by atomic mass is 9.84. The summed E-state index contributed by atoms with van der Waals surface area (Å²) in [6.07, 6.45) is 1.64. The second-order valence-electron chi connectivity index (χ2n) is 6.56. The van der Waals surface area contributed by atoms with Gasteiger partial charge in [0, 0.05) is 29.3 Å². The zero-order valence-corrected chi connectivity index (χ0v) is 15.5. The predicted octanol–water partition coefficient (Wildman–Crippen LogP) is 4.81. The molecule has 0 bridgehead atoms. The summed E-state index contributed by atoms with van der Waals surface area (Å²) >= 11 is 3.57. The molecule has 0 unspecified atom stereocenters. The minimum atomic E-state index is -0.503. The maximum atomic E-state index is 9.84. The van der Waals surface area contributed by atoms with Crippen LogP contribution in [0.1, 0.15) is 25.3 Å². The van der Waals surface area contributed by atoms with Crippen molar-refractivity contribution in [2.45, 2.75) is 37.9 Å². The topological polar surface area (TPSA) is 39.1 Å². The molecule has 1 fully saturated rings. The number of hydrogen-bond acceptors (Lipinski definition) is 3. The summed E-state index contributed by atoms with van der Waals surface area (Å²) in [6.45, 7) is 4.08. The fourth-order valence-corrected chi connectivity index (χ4v) is 3.79. The largest absolute Gasteiger partial charge is 0.366 e. The molecule has 4 heteroatoms. The second kappa shape index (κ2) is 7.38. The maximum Gasteiger partial charge on any atom is 0.128 e. The first-order valence-electron chi connectivity index (χ1n) is 8.34. The second-order valence-corrected chi connectivity index (χ2v) is 7.41. The van der Waals surface area contributed by atoms with Gasteiger partial charge in [0.1, 0.15) is 5.54 Å². The van der Waals surface area contributed by atoms with Crippen LogP contribution in [-0.4, -0.2) is 23.0 Å². The molecule has 124 valence electrons. The van der Waals surface area contributed by atoms with Crippen molar-refractivity contribution in [2.24, 2.45) is 0 Å². The minimum Gasteiger partial charge on any atom is -0.366 e. The Bertz CT molecular complexity index is 725. The Morgan fingerprint density at radius 2 is 1.92 bits per heavy atom. The number of nitriles is 1. The van der Waals surface area contributed by atoms with E-state index >= 15 is 0 Å². The number of nitrogens with zero attached hydrogens (tertiary/aromatic N) is 2. The van der Waals surface area contributed by atoms with Crippen molar-refractivity contribution in [3.8, 4) is 6.07 Å². The molecule has 0 amide bonds. The smallest absolute Gasteiger partial charge is 0.128 e. The lowest BCUT2D eigenvalue weighted by Gasteiger charge is -2.43. The van der Waals surface area contributed by atoms with Crippen LogP contribution in [0.2, 0.25) is 0 Å². The Hall–Kier alpha value is -1.83. The quantitative estimate of drug-likeness (QED) is 0.823. The first-order chi connectivity index (χ1) is 11.6. The molecule has 2 aromatic carbocycles. The zero-order valence-electron chi connectivity index (χ0n) is 13.9. The van der Waals surface area contributed by atoms with Crippen LogP contribution >= 0.6 is 15.9 Å². The van der Waals surface area contributed by atoms with Crippen molar-refractivity contribution < 1.29 is 0 Å². The highest BCUT2D eigenvalue weighted by Crippen LogP contribution is 2.33. The molecular formula is C20H22BrN3. The monoisotopic (exact) mass is 383 g/mol. The molecule has 0 aliphatic carbocycles. The fourth-order valence-electron chi connectivity index (χ4n) is 3.41. The van der Waals surface area contributed by atoms with Gasteiger partial charge < -0.3 is 5.32 Å².